The molecule has 0 atom stereocenters. The van der Waals surface area contributed by atoms with E-state index in [0.29, 0.717) is 44.5 Å². The van der Waals surface area contributed by atoms with Crippen molar-refractivity contribution in [3.05, 3.63) is 24.2 Å². The van der Waals surface area contributed by atoms with Gasteiger partial charge in [0.25, 0.3) is 5.91 Å². The summed E-state index contributed by atoms with van der Waals surface area (Å²) < 4.78 is 4.91. The molecule has 0 bridgehead atoms. The zero-order valence-corrected chi connectivity index (χ0v) is 11.4. The van der Waals surface area contributed by atoms with Crippen LogP contribution in [-0.2, 0) is 4.79 Å². The van der Waals surface area contributed by atoms with Crippen LogP contribution in [0, 0.1) is 5.92 Å². The first-order valence-corrected chi connectivity index (χ1v) is 6.92. The maximum absolute atomic E-state index is 12.1. The Kier molecular flexibility index (Phi) is 5.17. The summed E-state index contributed by atoms with van der Waals surface area (Å²) in [5, 5.41) is 11.5. The molecule has 0 aliphatic carbocycles. The van der Waals surface area contributed by atoms with Crippen molar-refractivity contribution in [2.45, 2.75) is 19.3 Å². The predicted molar refractivity (Wildman–Crippen MR) is 72.0 cm³/mol. The number of aliphatic hydroxyl groups is 1. The summed E-state index contributed by atoms with van der Waals surface area (Å²) >= 11 is 0. The molecule has 1 fully saturated rings. The Bertz CT molecular complexity index is 436. The van der Waals surface area contributed by atoms with E-state index in [4.69, 9.17) is 9.52 Å². The highest BCUT2D eigenvalue weighted by Gasteiger charge is 2.27. The number of furan rings is 1. The van der Waals surface area contributed by atoms with Crippen LogP contribution in [0.2, 0.25) is 0 Å². The number of likely N-dealkylation sites (tertiary alicyclic amines) is 1. The van der Waals surface area contributed by atoms with E-state index in [2.05, 4.69) is 5.32 Å². The molecule has 2 N–H and O–H groups in total. The van der Waals surface area contributed by atoms with Crippen LogP contribution in [0.1, 0.15) is 29.6 Å². The highest BCUT2D eigenvalue weighted by molar-refractivity contribution is 5.94. The van der Waals surface area contributed by atoms with Crippen molar-refractivity contribution in [2.24, 2.45) is 5.92 Å². The molecule has 6 heteroatoms. The number of nitrogens with one attached hydrogen (secondary N) is 1. The average Bonchev–Trinajstić information content (AvgIpc) is 3.01. The molecular formula is C14H20N2O4. The number of carbonyl (C=O) groups is 2. The topological polar surface area (TPSA) is 82.8 Å². The van der Waals surface area contributed by atoms with Crippen LogP contribution in [0.3, 0.4) is 0 Å². The third-order valence-electron chi connectivity index (χ3n) is 3.56. The van der Waals surface area contributed by atoms with E-state index in [0.717, 1.165) is 0 Å². The summed E-state index contributed by atoms with van der Waals surface area (Å²) in [6.45, 7) is 1.76. The predicted octanol–water partition coefficient (Wildman–Crippen LogP) is 0.630. The van der Waals surface area contributed by atoms with Crippen molar-refractivity contribution in [3.63, 3.8) is 0 Å². The van der Waals surface area contributed by atoms with E-state index < -0.39 is 0 Å². The number of nitrogens with zero attached hydrogens (tertiary/aromatic N) is 1. The lowest BCUT2D eigenvalue weighted by Crippen LogP contribution is -2.43. The van der Waals surface area contributed by atoms with E-state index in [9.17, 15) is 9.59 Å². The molecule has 110 valence electrons. The van der Waals surface area contributed by atoms with Gasteiger partial charge in [-0.15, -0.1) is 0 Å². The van der Waals surface area contributed by atoms with Crippen molar-refractivity contribution in [3.8, 4) is 0 Å². The van der Waals surface area contributed by atoms with Gasteiger partial charge in [-0.3, -0.25) is 9.59 Å². The Hall–Kier alpha value is -1.82. The molecule has 2 heterocycles. The van der Waals surface area contributed by atoms with Gasteiger partial charge in [0.2, 0.25) is 5.91 Å². The molecule has 0 spiro atoms. The molecule has 1 aliphatic rings. The third-order valence-corrected chi connectivity index (χ3v) is 3.56. The summed E-state index contributed by atoms with van der Waals surface area (Å²) in [6.07, 6.45) is 4.84. The number of amides is 2. The number of aliphatic hydroxyl groups excluding tert-OH is 1. The highest BCUT2D eigenvalue weighted by atomic mass is 16.3. The van der Waals surface area contributed by atoms with Crippen molar-refractivity contribution in [2.75, 3.05) is 26.2 Å². The maximum atomic E-state index is 12.1. The second kappa shape index (κ2) is 7.09. The second-order valence-corrected chi connectivity index (χ2v) is 4.95. The van der Waals surface area contributed by atoms with Gasteiger partial charge in [-0.25, -0.2) is 0 Å². The minimum Gasteiger partial charge on any atom is -0.472 e. The molecule has 1 aliphatic heterocycles. The third kappa shape index (κ3) is 3.60. The van der Waals surface area contributed by atoms with E-state index in [1.54, 1.807) is 11.0 Å². The monoisotopic (exact) mass is 280 g/mol. The first-order valence-electron chi connectivity index (χ1n) is 6.92. The molecular weight excluding hydrogens is 260 g/mol. The summed E-state index contributed by atoms with van der Waals surface area (Å²) in [5.41, 5.74) is 0.552. The molecule has 0 aromatic carbocycles. The summed E-state index contributed by atoms with van der Waals surface area (Å²) in [7, 11) is 0. The molecule has 0 radical (unpaired) electrons. The van der Waals surface area contributed by atoms with Gasteiger partial charge in [0, 0.05) is 32.2 Å². The van der Waals surface area contributed by atoms with E-state index in [1.165, 1.54) is 12.5 Å². The lowest BCUT2D eigenvalue weighted by Gasteiger charge is -2.31. The van der Waals surface area contributed by atoms with Gasteiger partial charge in [0.1, 0.15) is 6.26 Å². The summed E-state index contributed by atoms with van der Waals surface area (Å²) in [6, 6.07) is 1.65. The van der Waals surface area contributed by atoms with Crippen molar-refractivity contribution >= 4 is 11.8 Å². The molecule has 1 saturated heterocycles. The fourth-order valence-corrected chi connectivity index (χ4v) is 2.35. The smallest absolute Gasteiger partial charge is 0.257 e. The van der Waals surface area contributed by atoms with Crippen molar-refractivity contribution in [1.29, 1.82) is 0 Å². The largest absolute Gasteiger partial charge is 0.472 e. The molecule has 20 heavy (non-hydrogen) atoms. The molecule has 2 amide bonds. The van der Waals surface area contributed by atoms with E-state index in [1.807, 2.05) is 0 Å². The number of hydrogen-bond donors (Lipinski definition) is 2. The Balaban J connectivity index is 1.77. The molecule has 0 unspecified atom stereocenters. The zero-order chi connectivity index (χ0) is 14.4. The van der Waals surface area contributed by atoms with Crippen LogP contribution in [0.4, 0.5) is 0 Å². The van der Waals surface area contributed by atoms with Gasteiger partial charge in [0.15, 0.2) is 0 Å². The van der Waals surface area contributed by atoms with Gasteiger partial charge in [-0.1, -0.05) is 0 Å². The Morgan fingerprint density at radius 1 is 1.40 bits per heavy atom. The van der Waals surface area contributed by atoms with Crippen LogP contribution < -0.4 is 5.32 Å². The molecule has 2 rings (SSSR count). The van der Waals surface area contributed by atoms with Crippen molar-refractivity contribution in [1.82, 2.24) is 10.2 Å². The van der Waals surface area contributed by atoms with E-state index in [-0.39, 0.29) is 24.3 Å². The Morgan fingerprint density at radius 2 is 2.15 bits per heavy atom. The SMILES string of the molecule is O=C(NCCCO)C1CCN(C(=O)c2ccoc2)CC1. The number of hydrogen-bond acceptors (Lipinski definition) is 4. The number of rotatable bonds is 5. The van der Waals surface area contributed by atoms with Gasteiger partial charge in [0.05, 0.1) is 11.8 Å². The number of carbonyl (C=O) groups excluding carboxylic acids is 2. The van der Waals surface area contributed by atoms with Crippen LogP contribution in [0.5, 0.6) is 0 Å². The van der Waals surface area contributed by atoms with Gasteiger partial charge in [-0.05, 0) is 25.3 Å². The highest BCUT2D eigenvalue weighted by Crippen LogP contribution is 2.19. The average molecular weight is 280 g/mol. The Morgan fingerprint density at radius 3 is 2.75 bits per heavy atom. The van der Waals surface area contributed by atoms with Crippen LogP contribution in [-0.4, -0.2) is 48.1 Å². The van der Waals surface area contributed by atoms with Gasteiger partial charge in [-0.2, -0.15) is 0 Å². The summed E-state index contributed by atoms with van der Waals surface area (Å²) in [5.74, 6) is -0.0613. The van der Waals surface area contributed by atoms with Crippen molar-refractivity contribution < 1.29 is 19.1 Å². The number of piperidine rings is 1. The molecule has 0 saturated carbocycles. The minimum absolute atomic E-state index is 0.0221. The maximum Gasteiger partial charge on any atom is 0.257 e. The van der Waals surface area contributed by atoms with Gasteiger partial charge < -0.3 is 19.7 Å². The normalized spacial score (nSPS) is 16.1. The lowest BCUT2D eigenvalue weighted by molar-refractivity contribution is -0.126. The second-order valence-electron chi connectivity index (χ2n) is 4.95. The first kappa shape index (κ1) is 14.6. The summed E-state index contributed by atoms with van der Waals surface area (Å²) in [4.78, 5) is 25.7. The molecule has 1 aromatic heterocycles. The quantitative estimate of drug-likeness (QED) is 0.775. The minimum atomic E-state index is -0.0436. The Labute approximate surface area is 117 Å². The standard InChI is InChI=1S/C14H20N2O4/c17-8-1-5-15-13(18)11-2-6-16(7-3-11)14(19)12-4-9-20-10-12/h4,9-11,17H,1-3,5-8H2,(H,15,18). The van der Waals surface area contributed by atoms with Crippen LogP contribution in [0.25, 0.3) is 0 Å². The molecule has 6 nitrogen and oxygen atoms in total. The van der Waals surface area contributed by atoms with E-state index >= 15 is 0 Å². The fraction of sp³-hybridized carbons (Fsp3) is 0.571. The fourth-order valence-electron chi connectivity index (χ4n) is 2.35. The first-order chi connectivity index (χ1) is 9.72. The van der Waals surface area contributed by atoms with Gasteiger partial charge >= 0.3 is 0 Å². The van der Waals surface area contributed by atoms with Crippen LogP contribution >= 0.6 is 0 Å². The van der Waals surface area contributed by atoms with Crippen LogP contribution in [0.15, 0.2) is 23.0 Å². The molecule has 1 aromatic rings. The lowest BCUT2D eigenvalue weighted by atomic mass is 9.95. The zero-order valence-electron chi connectivity index (χ0n) is 11.4.